The minimum Gasteiger partial charge on any atom is -0.351 e. The largest absolute Gasteiger partial charge is 0.351 e. The van der Waals surface area contributed by atoms with Gasteiger partial charge in [0.25, 0.3) is 5.91 Å². The van der Waals surface area contributed by atoms with Crippen LogP contribution >= 0.6 is 0 Å². The number of carbonyl (C=O) groups is 2. The Hall–Kier alpha value is -2.30. The normalized spacial score (nSPS) is 19.1. The lowest BCUT2D eigenvalue weighted by Crippen LogP contribution is -2.44. The Morgan fingerprint density at radius 1 is 0.893 bits per heavy atom. The number of hydrogen-bond acceptors (Lipinski definition) is 2. The second-order valence-corrected chi connectivity index (χ2v) is 8.53. The summed E-state index contributed by atoms with van der Waals surface area (Å²) in [5.74, 6) is 0.439. The number of carbonyl (C=O) groups excluding carboxylic acids is 2. The topological polar surface area (TPSA) is 56.4 Å². The molecule has 5 nitrogen and oxygen atoms in total. The van der Waals surface area contributed by atoms with Gasteiger partial charge in [-0.2, -0.15) is 0 Å². The second-order valence-electron chi connectivity index (χ2n) is 8.53. The third-order valence-electron chi connectivity index (χ3n) is 6.37. The van der Waals surface area contributed by atoms with Crippen LogP contribution in [0.1, 0.15) is 60.1 Å². The monoisotopic (exact) mass is 381 g/mol. The van der Waals surface area contributed by atoms with Crippen LogP contribution in [0.3, 0.4) is 0 Å². The fraction of sp³-hybridized carbons (Fsp3) is 0.565. The number of aryl methyl sites for hydroxylation is 2. The maximum atomic E-state index is 13.0. The van der Waals surface area contributed by atoms with Crippen molar-refractivity contribution in [3.05, 3.63) is 35.0 Å². The van der Waals surface area contributed by atoms with Gasteiger partial charge in [0.2, 0.25) is 5.91 Å². The second kappa shape index (κ2) is 7.98. The summed E-state index contributed by atoms with van der Waals surface area (Å²) >= 11 is 0. The molecule has 2 amide bonds. The van der Waals surface area contributed by atoms with E-state index in [0.29, 0.717) is 24.7 Å². The first-order chi connectivity index (χ1) is 13.5. The van der Waals surface area contributed by atoms with Crippen molar-refractivity contribution in [3.63, 3.8) is 0 Å². The maximum Gasteiger partial charge on any atom is 0.270 e. The standard InChI is InChI=1S/C23H31N3O2/c1-16-13-17(2)19-15-21(24-20(19)14-16)23(28)26-11-7-18(8-12-26)22(27)25-9-5-3-4-6-10-25/h13-15,18,24H,3-12H2,1-2H3. The highest BCUT2D eigenvalue weighted by molar-refractivity contribution is 5.99. The van der Waals surface area contributed by atoms with E-state index in [9.17, 15) is 9.59 Å². The Balaban J connectivity index is 1.40. The molecule has 0 aliphatic carbocycles. The molecule has 0 unspecified atom stereocenters. The number of nitrogens with one attached hydrogen (secondary N) is 1. The van der Waals surface area contributed by atoms with Crippen LogP contribution in [-0.4, -0.2) is 52.8 Å². The van der Waals surface area contributed by atoms with Crippen molar-refractivity contribution < 1.29 is 9.59 Å². The number of piperidine rings is 1. The molecular weight excluding hydrogens is 350 g/mol. The molecule has 5 heteroatoms. The number of aromatic nitrogens is 1. The summed E-state index contributed by atoms with van der Waals surface area (Å²) in [5.41, 5.74) is 4.05. The molecule has 2 aliphatic heterocycles. The zero-order valence-electron chi connectivity index (χ0n) is 17.1. The van der Waals surface area contributed by atoms with E-state index in [1.165, 1.54) is 24.0 Å². The quantitative estimate of drug-likeness (QED) is 0.853. The van der Waals surface area contributed by atoms with Crippen LogP contribution in [0.15, 0.2) is 18.2 Å². The maximum absolute atomic E-state index is 13.0. The molecule has 0 saturated carbocycles. The predicted octanol–water partition coefficient (Wildman–Crippen LogP) is 4.04. The first kappa shape index (κ1) is 19.0. The molecule has 2 fully saturated rings. The highest BCUT2D eigenvalue weighted by atomic mass is 16.2. The smallest absolute Gasteiger partial charge is 0.270 e. The summed E-state index contributed by atoms with van der Waals surface area (Å²) in [7, 11) is 0. The number of fused-ring (bicyclic) bond motifs is 1. The number of benzene rings is 1. The molecule has 0 spiro atoms. The van der Waals surface area contributed by atoms with E-state index in [-0.39, 0.29) is 11.8 Å². The van der Waals surface area contributed by atoms with Gasteiger partial charge in [-0.05, 0) is 62.8 Å². The summed E-state index contributed by atoms with van der Waals surface area (Å²) < 4.78 is 0. The molecule has 2 aromatic rings. The van der Waals surface area contributed by atoms with Crippen LogP contribution in [0.5, 0.6) is 0 Å². The average molecular weight is 382 g/mol. The van der Waals surface area contributed by atoms with Gasteiger partial charge < -0.3 is 14.8 Å². The number of likely N-dealkylation sites (tertiary alicyclic amines) is 2. The van der Waals surface area contributed by atoms with E-state index < -0.39 is 0 Å². The van der Waals surface area contributed by atoms with E-state index in [1.807, 2.05) is 11.0 Å². The van der Waals surface area contributed by atoms with Crippen LogP contribution in [0.25, 0.3) is 10.9 Å². The Labute approximate surface area is 167 Å². The van der Waals surface area contributed by atoms with Gasteiger partial charge in [0.05, 0.1) is 0 Å². The molecule has 2 aliphatic rings. The van der Waals surface area contributed by atoms with Gasteiger partial charge in [-0.15, -0.1) is 0 Å². The SMILES string of the molecule is Cc1cc(C)c2cc(C(=O)N3CCC(C(=O)N4CCCCCC4)CC3)[nH]c2c1. The van der Waals surface area contributed by atoms with Crippen molar-refractivity contribution in [2.24, 2.45) is 5.92 Å². The van der Waals surface area contributed by atoms with E-state index in [0.717, 1.165) is 49.7 Å². The molecule has 150 valence electrons. The molecule has 2 saturated heterocycles. The molecule has 1 aromatic heterocycles. The lowest BCUT2D eigenvalue weighted by Gasteiger charge is -2.33. The molecule has 1 N–H and O–H groups in total. The molecule has 3 heterocycles. The first-order valence-electron chi connectivity index (χ1n) is 10.7. The molecule has 0 bridgehead atoms. The lowest BCUT2D eigenvalue weighted by molar-refractivity contribution is -0.136. The van der Waals surface area contributed by atoms with Crippen molar-refractivity contribution in [2.75, 3.05) is 26.2 Å². The Kier molecular flexibility index (Phi) is 5.42. The van der Waals surface area contributed by atoms with Gasteiger partial charge >= 0.3 is 0 Å². The fourth-order valence-corrected chi connectivity index (χ4v) is 4.76. The molecule has 1 aromatic carbocycles. The highest BCUT2D eigenvalue weighted by Gasteiger charge is 2.31. The van der Waals surface area contributed by atoms with Crippen LogP contribution in [0.4, 0.5) is 0 Å². The molecule has 28 heavy (non-hydrogen) atoms. The minimum atomic E-state index is 0.0499. The van der Waals surface area contributed by atoms with Crippen LogP contribution in [0, 0.1) is 19.8 Å². The van der Waals surface area contributed by atoms with Crippen LogP contribution in [0.2, 0.25) is 0 Å². The van der Waals surface area contributed by atoms with E-state index in [4.69, 9.17) is 0 Å². The zero-order chi connectivity index (χ0) is 19.7. The van der Waals surface area contributed by atoms with Crippen molar-refractivity contribution >= 4 is 22.7 Å². The zero-order valence-corrected chi connectivity index (χ0v) is 17.1. The van der Waals surface area contributed by atoms with Gasteiger partial charge in [-0.1, -0.05) is 18.9 Å². The van der Waals surface area contributed by atoms with Crippen molar-refractivity contribution in [1.82, 2.24) is 14.8 Å². The Morgan fingerprint density at radius 3 is 2.25 bits per heavy atom. The van der Waals surface area contributed by atoms with Crippen molar-refractivity contribution in [3.8, 4) is 0 Å². The molecule has 0 radical (unpaired) electrons. The summed E-state index contributed by atoms with van der Waals surface area (Å²) in [6.45, 7) is 7.29. The molecule has 4 rings (SSSR count). The van der Waals surface area contributed by atoms with E-state index in [2.05, 4.69) is 35.9 Å². The minimum absolute atomic E-state index is 0.0499. The van der Waals surface area contributed by atoms with Gasteiger partial charge in [0, 0.05) is 43.0 Å². The first-order valence-corrected chi connectivity index (χ1v) is 10.7. The van der Waals surface area contributed by atoms with Gasteiger partial charge in [-0.25, -0.2) is 0 Å². The average Bonchev–Trinajstić information content (AvgIpc) is 2.94. The highest BCUT2D eigenvalue weighted by Crippen LogP contribution is 2.25. The Bertz CT molecular complexity index is 869. The number of rotatable bonds is 2. The number of hydrogen-bond donors (Lipinski definition) is 1. The van der Waals surface area contributed by atoms with E-state index >= 15 is 0 Å². The molecular formula is C23H31N3O2. The lowest BCUT2D eigenvalue weighted by atomic mass is 9.95. The Morgan fingerprint density at radius 2 is 1.57 bits per heavy atom. The van der Waals surface area contributed by atoms with E-state index in [1.54, 1.807) is 0 Å². The summed E-state index contributed by atoms with van der Waals surface area (Å²) in [5, 5.41) is 1.11. The fourth-order valence-electron chi connectivity index (χ4n) is 4.76. The van der Waals surface area contributed by atoms with Gasteiger partial charge in [0.15, 0.2) is 0 Å². The summed E-state index contributed by atoms with van der Waals surface area (Å²) in [6, 6.07) is 6.20. The third kappa shape index (κ3) is 3.80. The van der Waals surface area contributed by atoms with Crippen molar-refractivity contribution in [2.45, 2.75) is 52.4 Å². The summed E-state index contributed by atoms with van der Waals surface area (Å²) in [6.07, 6.45) is 6.28. The number of nitrogens with zero attached hydrogens (tertiary/aromatic N) is 2. The van der Waals surface area contributed by atoms with Crippen LogP contribution in [-0.2, 0) is 4.79 Å². The molecule has 0 atom stereocenters. The van der Waals surface area contributed by atoms with Crippen molar-refractivity contribution in [1.29, 1.82) is 0 Å². The van der Waals surface area contributed by atoms with Crippen LogP contribution < -0.4 is 0 Å². The van der Waals surface area contributed by atoms with Gasteiger partial charge in [0.1, 0.15) is 5.69 Å². The van der Waals surface area contributed by atoms with Gasteiger partial charge in [-0.3, -0.25) is 9.59 Å². The summed E-state index contributed by atoms with van der Waals surface area (Å²) in [4.78, 5) is 33.1. The number of amides is 2. The number of H-pyrrole nitrogens is 1. The number of aromatic amines is 1. The third-order valence-corrected chi connectivity index (χ3v) is 6.37. The predicted molar refractivity (Wildman–Crippen MR) is 111 cm³/mol.